The molecular weight excluding hydrogens is 584 g/mol. The van der Waals surface area contributed by atoms with Gasteiger partial charge in [-0.1, -0.05) is 43.3 Å². The third-order valence-electron chi connectivity index (χ3n) is 9.18. The topological polar surface area (TPSA) is 191 Å². The van der Waals surface area contributed by atoms with Crippen LogP contribution >= 0.6 is 0 Å². The lowest BCUT2D eigenvalue weighted by Gasteiger charge is -2.45. The number of urea groups is 1. The predicted molar refractivity (Wildman–Crippen MR) is 162 cm³/mol. The summed E-state index contributed by atoms with van der Waals surface area (Å²) < 4.78 is 0. The summed E-state index contributed by atoms with van der Waals surface area (Å²) in [6.07, 6.45) is -2.29. The van der Waals surface area contributed by atoms with Gasteiger partial charge in [-0.05, 0) is 59.9 Å². The Kier molecular flexibility index (Phi) is 9.32. The number of nitro groups is 2. The minimum Gasteiger partial charge on any atom is -0.508 e. The van der Waals surface area contributed by atoms with E-state index in [1.54, 1.807) is 24.3 Å². The molecule has 1 aliphatic heterocycles. The van der Waals surface area contributed by atoms with Crippen LogP contribution in [0, 0.1) is 32.1 Å². The van der Waals surface area contributed by atoms with Crippen LogP contribution in [-0.4, -0.2) is 76.5 Å². The third kappa shape index (κ3) is 6.75. The molecule has 0 spiro atoms. The Morgan fingerprint density at radius 1 is 0.800 bits per heavy atom. The molecule has 1 aliphatic carbocycles. The first-order valence-electron chi connectivity index (χ1n) is 14.8. The van der Waals surface area contributed by atoms with Crippen molar-refractivity contribution >= 4 is 17.4 Å². The fourth-order valence-electron chi connectivity index (χ4n) is 6.59. The van der Waals surface area contributed by atoms with E-state index in [0.29, 0.717) is 29.5 Å². The number of carbonyl (C=O) groups is 1. The van der Waals surface area contributed by atoms with E-state index in [1.165, 1.54) is 58.3 Å². The van der Waals surface area contributed by atoms with Crippen LogP contribution in [-0.2, 0) is 19.5 Å². The minimum atomic E-state index is -1.48. The van der Waals surface area contributed by atoms with Crippen molar-refractivity contribution < 1.29 is 35.1 Å². The fourth-order valence-corrected chi connectivity index (χ4v) is 6.59. The van der Waals surface area contributed by atoms with Crippen molar-refractivity contribution in [2.75, 3.05) is 0 Å². The standard InChI is InChI=1S/C32H36N4O9/c1-19(26-12-13-28(26)38)29-31(40)30(39)27(16-20-8-10-25(37)11-9-20)33(17-21-4-2-6-23(14-21)35(42)43)32(41)34(29)18-22-5-3-7-24(15-22)36(44)45/h2-11,14-15,19,26-31,37-40H,12-13,16-18H2,1H3/t19?,26-,27+,28+,29+,30-,31-/m0/s1. The van der Waals surface area contributed by atoms with Gasteiger partial charge in [-0.15, -0.1) is 0 Å². The molecule has 0 bridgehead atoms. The number of benzene rings is 3. The number of hydrogen-bond donors (Lipinski definition) is 4. The first-order chi connectivity index (χ1) is 21.4. The van der Waals surface area contributed by atoms with Crippen molar-refractivity contribution in [2.45, 2.75) is 69.7 Å². The Labute approximate surface area is 259 Å². The number of hydrogen-bond acceptors (Lipinski definition) is 9. The maximum absolute atomic E-state index is 14.7. The van der Waals surface area contributed by atoms with Gasteiger partial charge in [-0.2, -0.15) is 0 Å². The maximum Gasteiger partial charge on any atom is 0.321 e. The molecule has 1 saturated carbocycles. The molecule has 2 aliphatic rings. The van der Waals surface area contributed by atoms with Gasteiger partial charge in [0.2, 0.25) is 0 Å². The SMILES string of the molecule is CC([C@@H]1[C@H](O)[C@@H](O)[C@@H](Cc2ccc(O)cc2)N(Cc2cccc([N+](=O)[O-])c2)C(=O)N1Cc1cccc([N+](=O)[O-])c1)[C@@H]1CC[C@H]1O. The Bertz CT molecular complexity index is 1550. The molecule has 0 aromatic heterocycles. The number of nitrogens with zero attached hydrogens (tertiary/aromatic N) is 4. The highest BCUT2D eigenvalue weighted by Crippen LogP contribution is 2.41. The monoisotopic (exact) mass is 620 g/mol. The van der Waals surface area contributed by atoms with E-state index in [-0.39, 0.29) is 42.6 Å². The quantitative estimate of drug-likeness (QED) is 0.193. The molecule has 2 amide bonds. The Hall–Kier alpha value is -4.59. The van der Waals surface area contributed by atoms with Crippen molar-refractivity contribution in [1.29, 1.82) is 0 Å². The van der Waals surface area contributed by atoms with Gasteiger partial charge in [0.25, 0.3) is 11.4 Å². The smallest absolute Gasteiger partial charge is 0.321 e. The molecule has 45 heavy (non-hydrogen) atoms. The second-order valence-corrected chi connectivity index (χ2v) is 12.0. The van der Waals surface area contributed by atoms with Crippen molar-refractivity contribution in [3.63, 3.8) is 0 Å². The highest BCUT2D eigenvalue weighted by Gasteiger charge is 2.51. The van der Waals surface area contributed by atoms with Crippen molar-refractivity contribution in [1.82, 2.24) is 9.80 Å². The molecule has 0 radical (unpaired) electrons. The summed E-state index contributed by atoms with van der Waals surface area (Å²) in [4.78, 5) is 39.5. The van der Waals surface area contributed by atoms with E-state index in [0.717, 1.165) is 0 Å². The van der Waals surface area contributed by atoms with Crippen LogP contribution in [0.5, 0.6) is 5.75 Å². The van der Waals surface area contributed by atoms with Gasteiger partial charge in [0, 0.05) is 37.4 Å². The van der Waals surface area contributed by atoms with E-state index in [4.69, 9.17) is 0 Å². The molecule has 5 rings (SSSR count). The lowest BCUT2D eigenvalue weighted by molar-refractivity contribution is -0.385. The molecule has 3 aromatic carbocycles. The Balaban J connectivity index is 1.61. The lowest BCUT2D eigenvalue weighted by atomic mass is 9.69. The number of aromatic hydroxyl groups is 1. The van der Waals surface area contributed by atoms with Crippen molar-refractivity contribution in [2.24, 2.45) is 11.8 Å². The van der Waals surface area contributed by atoms with Gasteiger partial charge in [-0.25, -0.2) is 4.79 Å². The van der Waals surface area contributed by atoms with Crippen LogP contribution in [0.1, 0.15) is 36.5 Å². The molecule has 13 nitrogen and oxygen atoms in total. The number of rotatable bonds is 10. The van der Waals surface area contributed by atoms with E-state index in [1.807, 2.05) is 6.92 Å². The summed E-state index contributed by atoms with van der Waals surface area (Å²) in [5.74, 6) is -0.690. The zero-order chi connectivity index (χ0) is 32.4. The Morgan fingerprint density at radius 3 is 1.84 bits per heavy atom. The number of phenolic OH excluding ortho intramolecular Hbond substituents is 1. The van der Waals surface area contributed by atoms with Gasteiger partial charge in [0.05, 0.1) is 28.0 Å². The number of aliphatic hydroxyl groups excluding tert-OH is 3. The van der Waals surface area contributed by atoms with Gasteiger partial charge < -0.3 is 30.2 Å². The number of nitro benzene ring substituents is 2. The molecule has 1 unspecified atom stereocenters. The Morgan fingerprint density at radius 2 is 1.36 bits per heavy atom. The van der Waals surface area contributed by atoms with Crippen LogP contribution in [0.3, 0.4) is 0 Å². The van der Waals surface area contributed by atoms with Crippen molar-refractivity contribution in [3.8, 4) is 5.75 Å². The molecule has 238 valence electrons. The molecule has 13 heteroatoms. The molecule has 1 heterocycles. The summed E-state index contributed by atoms with van der Waals surface area (Å²) in [6.45, 7) is 1.53. The molecule has 4 N–H and O–H groups in total. The number of carbonyl (C=O) groups excluding carboxylic acids is 1. The number of amides is 2. The molecule has 3 aromatic rings. The summed E-state index contributed by atoms with van der Waals surface area (Å²) in [5.41, 5.74) is 1.16. The summed E-state index contributed by atoms with van der Waals surface area (Å²) >= 11 is 0. The van der Waals surface area contributed by atoms with Crippen LogP contribution in [0.2, 0.25) is 0 Å². The average molecular weight is 621 g/mol. The summed E-state index contributed by atoms with van der Waals surface area (Å²) in [7, 11) is 0. The zero-order valence-corrected chi connectivity index (χ0v) is 24.6. The second kappa shape index (κ2) is 13.2. The molecule has 1 saturated heterocycles. The van der Waals surface area contributed by atoms with E-state index >= 15 is 0 Å². The van der Waals surface area contributed by atoms with E-state index in [2.05, 4.69) is 0 Å². The van der Waals surface area contributed by atoms with Gasteiger partial charge in [-0.3, -0.25) is 20.2 Å². The van der Waals surface area contributed by atoms with Crippen LogP contribution in [0.25, 0.3) is 0 Å². The number of aliphatic hydroxyl groups is 3. The molecule has 2 fully saturated rings. The normalized spacial score (nSPS) is 25.7. The number of non-ortho nitro benzene ring substituents is 2. The van der Waals surface area contributed by atoms with Gasteiger partial charge in [0.1, 0.15) is 18.0 Å². The van der Waals surface area contributed by atoms with Crippen LogP contribution in [0.15, 0.2) is 72.8 Å². The first-order valence-corrected chi connectivity index (χ1v) is 14.8. The second-order valence-electron chi connectivity index (χ2n) is 12.0. The largest absolute Gasteiger partial charge is 0.508 e. The van der Waals surface area contributed by atoms with E-state index < -0.39 is 52.2 Å². The van der Waals surface area contributed by atoms with Crippen molar-refractivity contribution in [3.05, 3.63) is 110 Å². The van der Waals surface area contributed by atoms with Crippen LogP contribution < -0.4 is 0 Å². The first kappa shape index (κ1) is 31.8. The highest BCUT2D eigenvalue weighted by molar-refractivity contribution is 5.76. The molecule has 7 atom stereocenters. The number of phenols is 1. The average Bonchev–Trinajstić information content (AvgIpc) is 3.07. The lowest BCUT2D eigenvalue weighted by Crippen LogP contribution is -2.56. The van der Waals surface area contributed by atoms with Crippen LogP contribution in [0.4, 0.5) is 16.2 Å². The maximum atomic E-state index is 14.7. The highest BCUT2D eigenvalue weighted by atomic mass is 16.6. The van der Waals surface area contributed by atoms with Gasteiger partial charge in [0.15, 0.2) is 0 Å². The third-order valence-corrected chi connectivity index (χ3v) is 9.18. The summed E-state index contributed by atoms with van der Waals surface area (Å²) in [6, 6.07) is 15.3. The predicted octanol–water partition coefficient (Wildman–Crippen LogP) is 3.76. The van der Waals surface area contributed by atoms with E-state index in [9.17, 15) is 45.4 Å². The van der Waals surface area contributed by atoms with Gasteiger partial charge >= 0.3 is 6.03 Å². The fraction of sp³-hybridized carbons (Fsp3) is 0.406. The summed E-state index contributed by atoms with van der Waals surface area (Å²) in [5, 5.41) is 67.1. The zero-order valence-electron chi connectivity index (χ0n) is 24.6. The molecular formula is C32H36N4O9. The minimum absolute atomic E-state index is 0.0285.